The van der Waals surface area contributed by atoms with Crippen LogP contribution in [0.25, 0.3) is 0 Å². The molecule has 1 atom stereocenters. The average molecular weight is 229 g/mol. The first-order valence-electron chi connectivity index (χ1n) is 4.78. The van der Waals surface area contributed by atoms with E-state index in [2.05, 4.69) is 0 Å². The van der Waals surface area contributed by atoms with Crippen LogP contribution in [0.3, 0.4) is 0 Å². The Morgan fingerprint density at radius 1 is 1.50 bits per heavy atom. The quantitative estimate of drug-likeness (QED) is 0.858. The van der Waals surface area contributed by atoms with Crippen LogP contribution in [0.15, 0.2) is 18.2 Å². The van der Waals surface area contributed by atoms with Gasteiger partial charge in [0.2, 0.25) is 0 Å². The fraction of sp³-hybridized carbons (Fsp3) is 0.364. The second kappa shape index (κ2) is 5.03. The van der Waals surface area contributed by atoms with Crippen LogP contribution in [0.4, 0.5) is 8.78 Å². The lowest BCUT2D eigenvalue weighted by atomic mass is 10.1. The number of halogens is 2. The van der Waals surface area contributed by atoms with Gasteiger partial charge in [-0.25, -0.2) is 8.78 Å². The first-order chi connectivity index (χ1) is 7.41. The van der Waals surface area contributed by atoms with Crippen molar-refractivity contribution in [3.8, 4) is 0 Å². The van der Waals surface area contributed by atoms with E-state index in [9.17, 15) is 13.6 Å². The Kier molecular flexibility index (Phi) is 3.95. The van der Waals surface area contributed by atoms with Crippen molar-refractivity contribution >= 4 is 5.97 Å². The molecule has 0 aliphatic rings. The predicted molar refractivity (Wildman–Crippen MR) is 55.0 cm³/mol. The van der Waals surface area contributed by atoms with Gasteiger partial charge in [0.05, 0.1) is 6.54 Å². The summed E-state index contributed by atoms with van der Waals surface area (Å²) in [7, 11) is 1.54. The van der Waals surface area contributed by atoms with Crippen molar-refractivity contribution in [1.29, 1.82) is 0 Å². The van der Waals surface area contributed by atoms with E-state index < -0.39 is 23.6 Å². The van der Waals surface area contributed by atoms with E-state index in [4.69, 9.17) is 5.11 Å². The third-order valence-corrected chi connectivity index (χ3v) is 2.45. The second-order valence-electron chi connectivity index (χ2n) is 3.65. The molecule has 1 aromatic carbocycles. The molecule has 0 spiro atoms. The van der Waals surface area contributed by atoms with Crippen LogP contribution in [0.1, 0.15) is 18.5 Å². The normalized spacial score (nSPS) is 12.8. The zero-order valence-electron chi connectivity index (χ0n) is 9.08. The molecule has 16 heavy (non-hydrogen) atoms. The number of carboxylic acid groups (broad SMARTS) is 1. The van der Waals surface area contributed by atoms with Crippen molar-refractivity contribution in [1.82, 2.24) is 4.90 Å². The molecule has 5 heteroatoms. The molecule has 1 N–H and O–H groups in total. The maximum atomic E-state index is 13.4. The van der Waals surface area contributed by atoms with Gasteiger partial charge in [0, 0.05) is 11.6 Å². The van der Waals surface area contributed by atoms with E-state index in [1.54, 1.807) is 14.0 Å². The molecular weight excluding hydrogens is 216 g/mol. The van der Waals surface area contributed by atoms with Gasteiger partial charge in [-0.2, -0.15) is 0 Å². The fourth-order valence-corrected chi connectivity index (χ4v) is 1.42. The summed E-state index contributed by atoms with van der Waals surface area (Å²) in [5.74, 6) is -2.08. The van der Waals surface area contributed by atoms with Gasteiger partial charge in [-0.15, -0.1) is 0 Å². The Bertz CT molecular complexity index is 396. The summed E-state index contributed by atoms with van der Waals surface area (Å²) in [5.41, 5.74) is 0.156. The predicted octanol–water partition coefficient (Wildman–Crippen LogP) is 2.04. The minimum Gasteiger partial charge on any atom is -0.480 e. The largest absolute Gasteiger partial charge is 0.480 e. The molecular formula is C11H13F2NO2. The Morgan fingerprint density at radius 3 is 2.69 bits per heavy atom. The minimum atomic E-state index is -1.01. The number of hydrogen-bond acceptors (Lipinski definition) is 2. The molecule has 1 aromatic rings. The molecule has 0 aliphatic carbocycles. The summed E-state index contributed by atoms with van der Waals surface area (Å²) < 4.78 is 26.3. The average Bonchev–Trinajstić information content (AvgIpc) is 2.19. The molecule has 1 rings (SSSR count). The summed E-state index contributed by atoms with van der Waals surface area (Å²) >= 11 is 0. The van der Waals surface area contributed by atoms with Crippen molar-refractivity contribution in [3.05, 3.63) is 35.4 Å². The van der Waals surface area contributed by atoms with Crippen LogP contribution in [0.5, 0.6) is 0 Å². The number of hydrogen-bond donors (Lipinski definition) is 1. The van der Waals surface area contributed by atoms with Crippen LogP contribution in [-0.4, -0.2) is 29.6 Å². The summed E-state index contributed by atoms with van der Waals surface area (Å²) in [6, 6.07) is 2.66. The smallest absolute Gasteiger partial charge is 0.317 e. The molecule has 0 aromatic heterocycles. The van der Waals surface area contributed by atoms with E-state index in [0.717, 1.165) is 18.2 Å². The van der Waals surface area contributed by atoms with Gasteiger partial charge in [-0.3, -0.25) is 9.69 Å². The van der Waals surface area contributed by atoms with Gasteiger partial charge in [0.1, 0.15) is 11.6 Å². The van der Waals surface area contributed by atoms with Crippen molar-refractivity contribution in [2.45, 2.75) is 13.0 Å². The Labute approximate surface area is 92.3 Å². The maximum Gasteiger partial charge on any atom is 0.317 e. The third-order valence-electron chi connectivity index (χ3n) is 2.45. The zero-order chi connectivity index (χ0) is 12.3. The molecule has 1 unspecified atom stereocenters. The van der Waals surface area contributed by atoms with Crippen LogP contribution < -0.4 is 0 Å². The highest BCUT2D eigenvalue weighted by Crippen LogP contribution is 2.22. The molecule has 0 radical (unpaired) electrons. The lowest BCUT2D eigenvalue weighted by Gasteiger charge is -2.23. The minimum absolute atomic E-state index is 0.156. The maximum absolute atomic E-state index is 13.4. The Balaban J connectivity index is 2.90. The number of carboxylic acids is 1. The number of aliphatic carboxylic acids is 1. The lowest BCUT2D eigenvalue weighted by molar-refractivity contribution is -0.138. The molecule has 88 valence electrons. The van der Waals surface area contributed by atoms with E-state index in [1.807, 2.05) is 0 Å². The summed E-state index contributed by atoms with van der Waals surface area (Å²) in [5, 5.41) is 8.59. The number of likely N-dealkylation sites (N-methyl/N-ethyl adjacent to an activating group) is 1. The van der Waals surface area contributed by atoms with Crippen molar-refractivity contribution in [2.24, 2.45) is 0 Å². The molecule has 0 heterocycles. The summed E-state index contributed by atoms with van der Waals surface area (Å²) in [6.45, 7) is 1.40. The zero-order valence-corrected chi connectivity index (χ0v) is 9.08. The molecule has 0 aliphatic heterocycles. The first kappa shape index (κ1) is 12.6. The SMILES string of the molecule is CC(c1cc(F)ccc1F)N(C)CC(=O)O. The molecule has 0 saturated carbocycles. The Morgan fingerprint density at radius 2 is 2.12 bits per heavy atom. The topological polar surface area (TPSA) is 40.5 Å². The fourth-order valence-electron chi connectivity index (χ4n) is 1.42. The van der Waals surface area contributed by atoms with Gasteiger partial charge in [0.15, 0.2) is 0 Å². The molecule has 0 bridgehead atoms. The number of nitrogens with zero attached hydrogens (tertiary/aromatic N) is 1. The van der Waals surface area contributed by atoms with Crippen LogP contribution in [0.2, 0.25) is 0 Å². The number of benzene rings is 1. The lowest BCUT2D eigenvalue weighted by Crippen LogP contribution is -2.29. The molecule has 0 saturated heterocycles. The van der Waals surface area contributed by atoms with E-state index in [-0.39, 0.29) is 12.1 Å². The van der Waals surface area contributed by atoms with Crippen LogP contribution in [0, 0.1) is 11.6 Å². The van der Waals surface area contributed by atoms with Crippen molar-refractivity contribution in [2.75, 3.05) is 13.6 Å². The van der Waals surface area contributed by atoms with Gasteiger partial charge in [0.25, 0.3) is 0 Å². The van der Waals surface area contributed by atoms with Gasteiger partial charge in [-0.05, 0) is 32.2 Å². The monoisotopic (exact) mass is 229 g/mol. The Hall–Kier alpha value is -1.49. The van der Waals surface area contributed by atoms with Gasteiger partial charge in [-0.1, -0.05) is 0 Å². The van der Waals surface area contributed by atoms with E-state index >= 15 is 0 Å². The highest BCUT2D eigenvalue weighted by Gasteiger charge is 2.18. The second-order valence-corrected chi connectivity index (χ2v) is 3.65. The van der Waals surface area contributed by atoms with E-state index in [0.29, 0.717) is 0 Å². The molecule has 0 amide bonds. The highest BCUT2D eigenvalue weighted by molar-refractivity contribution is 5.69. The molecule has 0 fully saturated rings. The highest BCUT2D eigenvalue weighted by atomic mass is 19.1. The number of rotatable bonds is 4. The van der Waals surface area contributed by atoms with Crippen molar-refractivity contribution < 1.29 is 18.7 Å². The first-order valence-corrected chi connectivity index (χ1v) is 4.78. The summed E-state index contributed by atoms with van der Waals surface area (Å²) in [6.07, 6.45) is 0. The standard InChI is InChI=1S/C11H13F2NO2/c1-7(14(2)6-11(15)16)9-5-8(12)3-4-10(9)13/h3-5,7H,6H2,1-2H3,(H,15,16). The van der Waals surface area contributed by atoms with Gasteiger partial charge >= 0.3 is 5.97 Å². The van der Waals surface area contributed by atoms with Crippen LogP contribution in [-0.2, 0) is 4.79 Å². The van der Waals surface area contributed by atoms with Crippen molar-refractivity contribution in [3.63, 3.8) is 0 Å². The summed E-state index contributed by atoms with van der Waals surface area (Å²) in [4.78, 5) is 11.9. The molecule has 3 nitrogen and oxygen atoms in total. The third kappa shape index (κ3) is 3.00. The number of carbonyl (C=O) groups is 1. The van der Waals surface area contributed by atoms with Crippen LogP contribution >= 0.6 is 0 Å². The van der Waals surface area contributed by atoms with Gasteiger partial charge < -0.3 is 5.11 Å². The van der Waals surface area contributed by atoms with E-state index in [1.165, 1.54) is 4.90 Å².